The smallest absolute Gasteiger partial charge is 0.261 e. The Balaban J connectivity index is 2.27. The molecule has 1 heterocycles. The minimum Gasteiger partial charge on any atom is -0.382 e. The van der Waals surface area contributed by atoms with Crippen LogP contribution in [0.4, 0.5) is 15.9 Å². The van der Waals surface area contributed by atoms with Crippen LogP contribution in [0.3, 0.4) is 0 Å². The first-order valence-electron chi connectivity index (χ1n) is 5.36. The van der Waals surface area contributed by atoms with Crippen LogP contribution in [0, 0.1) is 19.7 Å². The number of rotatable bonds is 2. The highest BCUT2D eigenvalue weighted by atomic mass is 19.1. The highest BCUT2D eigenvalue weighted by Gasteiger charge is 2.16. The normalized spacial score (nSPS) is 10.4. The van der Waals surface area contributed by atoms with Crippen molar-refractivity contribution in [3.05, 3.63) is 40.8 Å². The van der Waals surface area contributed by atoms with Gasteiger partial charge in [0.2, 0.25) is 0 Å². The maximum absolute atomic E-state index is 13.2. The van der Waals surface area contributed by atoms with Gasteiger partial charge in [-0.25, -0.2) is 4.39 Å². The Labute approximate surface area is 103 Å². The molecule has 1 aromatic heterocycles. The molecule has 0 aliphatic carbocycles. The molecule has 0 spiro atoms. The van der Waals surface area contributed by atoms with E-state index in [9.17, 15) is 9.18 Å². The Kier molecular flexibility index (Phi) is 3.01. The third kappa shape index (κ3) is 2.32. The van der Waals surface area contributed by atoms with E-state index in [4.69, 9.17) is 5.73 Å². The Hall–Kier alpha value is -2.37. The molecular formula is C12H13FN4O. The van der Waals surface area contributed by atoms with Gasteiger partial charge in [0.1, 0.15) is 11.4 Å². The van der Waals surface area contributed by atoms with Crippen molar-refractivity contribution < 1.29 is 9.18 Å². The van der Waals surface area contributed by atoms with E-state index in [0.29, 0.717) is 11.4 Å². The minimum absolute atomic E-state index is 0.123. The van der Waals surface area contributed by atoms with Crippen molar-refractivity contribution in [3.63, 3.8) is 0 Å². The topological polar surface area (TPSA) is 83.8 Å². The average molecular weight is 248 g/mol. The summed E-state index contributed by atoms with van der Waals surface area (Å²) in [6, 6.07) is 4.30. The molecule has 2 rings (SSSR count). The Morgan fingerprint density at radius 1 is 1.39 bits per heavy atom. The minimum atomic E-state index is -0.413. The summed E-state index contributed by atoms with van der Waals surface area (Å²) in [6.07, 6.45) is 0. The monoisotopic (exact) mass is 248 g/mol. The van der Waals surface area contributed by atoms with Crippen LogP contribution in [0.2, 0.25) is 0 Å². The third-order valence-corrected chi connectivity index (χ3v) is 2.50. The number of nitrogens with zero attached hydrogens (tertiary/aromatic N) is 1. The van der Waals surface area contributed by atoms with Gasteiger partial charge < -0.3 is 11.1 Å². The third-order valence-electron chi connectivity index (χ3n) is 2.50. The molecule has 0 bridgehead atoms. The van der Waals surface area contributed by atoms with Crippen LogP contribution in [-0.4, -0.2) is 16.1 Å². The van der Waals surface area contributed by atoms with Crippen molar-refractivity contribution in [1.29, 1.82) is 0 Å². The van der Waals surface area contributed by atoms with E-state index >= 15 is 0 Å². The lowest BCUT2D eigenvalue weighted by molar-refractivity contribution is 0.102. The maximum Gasteiger partial charge on any atom is 0.261 e. The van der Waals surface area contributed by atoms with Gasteiger partial charge >= 0.3 is 0 Å². The molecular weight excluding hydrogens is 235 g/mol. The number of carbonyl (C=O) groups excluding carboxylic acids is 1. The number of H-pyrrole nitrogens is 1. The van der Waals surface area contributed by atoms with Crippen molar-refractivity contribution >= 4 is 17.4 Å². The number of benzene rings is 1. The van der Waals surface area contributed by atoms with E-state index in [1.165, 1.54) is 12.1 Å². The van der Waals surface area contributed by atoms with Gasteiger partial charge in [-0.2, -0.15) is 5.10 Å². The lowest BCUT2D eigenvalue weighted by Crippen LogP contribution is -2.14. The number of amides is 1. The molecule has 2 aromatic rings. The first kappa shape index (κ1) is 12.1. The standard InChI is InChI=1S/C12H13FN4O/c1-6-3-8(13)5-9(4-6)15-12(18)10-7(2)16-17-11(10)14/h3-5H,1-2H3,(H,15,18)(H3,14,16,17). The maximum atomic E-state index is 13.2. The first-order valence-corrected chi connectivity index (χ1v) is 5.36. The van der Waals surface area contributed by atoms with E-state index in [0.717, 1.165) is 5.56 Å². The molecule has 0 saturated heterocycles. The second-order valence-corrected chi connectivity index (χ2v) is 4.08. The summed E-state index contributed by atoms with van der Waals surface area (Å²) in [5, 5.41) is 8.94. The number of halogens is 1. The van der Waals surface area contributed by atoms with Gasteiger partial charge in [-0.3, -0.25) is 9.89 Å². The molecule has 4 N–H and O–H groups in total. The molecule has 18 heavy (non-hydrogen) atoms. The van der Waals surface area contributed by atoms with Crippen molar-refractivity contribution in [2.45, 2.75) is 13.8 Å². The molecule has 0 radical (unpaired) electrons. The summed E-state index contributed by atoms with van der Waals surface area (Å²) >= 11 is 0. The molecule has 0 aliphatic heterocycles. The fraction of sp³-hybridized carbons (Fsp3) is 0.167. The molecule has 1 aromatic carbocycles. The molecule has 0 saturated carbocycles. The lowest BCUT2D eigenvalue weighted by Gasteiger charge is -2.06. The van der Waals surface area contributed by atoms with Gasteiger partial charge in [-0.1, -0.05) is 0 Å². The number of nitrogen functional groups attached to an aromatic ring is 1. The van der Waals surface area contributed by atoms with Crippen molar-refractivity contribution in [2.24, 2.45) is 0 Å². The van der Waals surface area contributed by atoms with Gasteiger partial charge in [0, 0.05) is 11.4 Å². The molecule has 0 fully saturated rings. The highest BCUT2D eigenvalue weighted by molar-refractivity contribution is 6.08. The van der Waals surface area contributed by atoms with Crippen molar-refractivity contribution in [2.75, 3.05) is 11.1 Å². The SMILES string of the molecule is Cc1cc(F)cc(NC(=O)c2c(N)n[nH]c2C)c1. The van der Waals surface area contributed by atoms with Crippen LogP contribution >= 0.6 is 0 Å². The summed E-state index contributed by atoms with van der Waals surface area (Å²) < 4.78 is 13.2. The average Bonchev–Trinajstić information content (AvgIpc) is 2.56. The van der Waals surface area contributed by atoms with Gasteiger partial charge in [-0.05, 0) is 37.6 Å². The predicted molar refractivity (Wildman–Crippen MR) is 66.8 cm³/mol. The first-order chi connectivity index (χ1) is 8.47. The Morgan fingerprint density at radius 3 is 2.67 bits per heavy atom. The van der Waals surface area contributed by atoms with E-state index in [2.05, 4.69) is 15.5 Å². The number of hydrogen-bond acceptors (Lipinski definition) is 3. The van der Waals surface area contributed by atoms with E-state index in [1.54, 1.807) is 19.9 Å². The largest absolute Gasteiger partial charge is 0.382 e. The fourth-order valence-electron chi connectivity index (χ4n) is 1.74. The zero-order valence-electron chi connectivity index (χ0n) is 10.0. The predicted octanol–water partition coefficient (Wildman–Crippen LogP) is 2.00. The number of carbonyl (C=O) groups is 1. The second-order valence-electron chi connectivity index (χ2n) is 4.08. The lowest BCUT2D eigenvalue weighted by atomic mass is 10.2. The number of aromatic nitrogens is 2. The van der Waals surface area contributed by atoms with Crippen LogP contribution in [0.25, 0.3) is 0 Å². The molecule has 0 unspecified atom stereocenters. The quantitative estimate of drug-likeness (QED) is 0.760. The van der Waals surface area contributed by atoms with Gasteiger partial charge in [0.05, 0.1) is 0 Å². The number of aryl methyl sites for hydroxylation is 2. The molecule has 0 atom stereocenters. The summed E-state index contributed by atoms with van der Waals surface area (Å²) in [5.74, 6) is -0.691. The molecule has 0 aliphatic rings. The summed E-state index contributed by atoms with van der Waals surface area (Å²) in [5.41, 5.74) is 7.53. The highest BCUT2D eigenvalue weighted by Crippen LogP contribution is 2.17. The summed E-state index contributed by atoms with van der Waals surface area (Å²) in [4.78, 5) is 12.0. The number of nitrogens with two attached hydrogens (primary N) is 1. The molecule has 5 nitrogen and oxygen atoms in total. The number of aromatic amines is 1. The number of hydrogen-bond donors (Lipinski definition) is 3. The molecule has 94 valence electrons. The fourth-order valence-corrected chi connectivity index (χ4v) is 1.74. The van der Waals surface area contributed by atoms with E-state index in [1.807, 2.05) is 0 Å². The van der Waals surface area contributed by atoms with E-state index in [-0.39, 0.29) is 11.4 Å². The molecule has 6 heteroatoms. The number of nitrogens with one attached hydrogen (secondary N) is 2. The van der Waals surface area contributed by atoms with Crippen LogP contribution in [0.15, 0.2) is 18.2 Å². The number of anilines is 2. The van der Waals surface area contributed by atoms with Crippen molar-refractivity contribution in [1.82, 2.24) is 10.2 Å². The van der Waals surface area contributed by atoms with E-state index < -0.39 is 11.7 Å². The molecule has 1 amide bonds. The van der Waals surface area contributed by atoms with Crippen LogP contribution < -0.4 is 11.1 Å². The van der Waals surface area contributed by atoms with Gasteiger partial charge in [-0.15, -0.1) is 0 Å². The summed E-state index contributed by atoms with van der Waals surface area (Å²) in [6.45, 7) is 3.44. The van der Waals surface area contributed by atoms with Crippen LogP contribution in [0.1, 0.15) is 21.6 Å². The van der Waals surface area contributed by atoms with Crippen LogP contribution in [0.5, 0.6) is 0 Å². The van der Waals surface area contributed by atoms with Crippen LogP contribution in [-0.2, 0) is 0 Å². The van der Waals surface area contributed by atoms with Crippen molar-refractivity contribution in [3.8, 4) is 0 Å². The Bertz CT molecular complexity index is 566. The Morgan fingerprint density at radius 2 is 2.11 bits per heavy atom. The van der Waals surface area contributed by atoms with Gasteiger partial charge in [0.15, 0.2) is 5.82 Å². The van der Waals surface area contributed by atoms with Gasteiger partial charge in [0.25, 0.3) is 5.91 Å². The zero-order valence-corrected chi connectivity index (χ0v) is 10.0. The second kappa shape index (κ2) is 4.48. The zero-order chi connectivity index (χ0) is 13.3. The summed E-state index contributed by atoms with van der Waals surface area (Å²) in [7, 11) is 0.